The van der Waals surface area contributed by atoms with Gasteiger partial charge in [-0.2, -0.15) is 0 Å². The SMILES string of the molecule is c1ccc2c(-c3ccc(N(c4ccc(-c5cccc6ccccc56)cc4)c4ccc(-c5cccc6ccccc56)c5ccccc45)cc3)cccc2c1. The Kier molecular flexibility index (Phi) is 7.55. The number of anilines is 3. The molecule has 0 aliphatic heterocycles. The maximum atomic E-state index is 2.41. The molecule has 0 bridgehead atoms. The van der Waals surface area contributed by atoms with Gasteiger partial charge in [0, 0.05) is 16.8 Å². The lowest BCUT2D eigenvalue weighted by atomic mass is 9.92. The minimum Gasteiger partial charge on any atom is -0.310 e. The van der Waals surface area contributed by atoms with E-state index in [9.17, 15) is 0 Å². The molecule has 0 heterocycles. The first-order chi connectivity index (χ1) is 26.3. The van der Waals surface area contributed by atoms with E-state index in [1.165, 1.54) is 76.5 Å². The highest BCUT2D eigenvalue weighted by atomic mass is 15.1. The molecule has 0 spiro atoms. The van der Waals surface area contributed by atoms with E-state index < -0.39 is 0 Å². The summed E-state index contributed by atoms with van der Waals surface area (Å²) in [4.78, 5) is 2.41. The number of hydrogen-bond donors (Lipinski definition) is 0. The van der Waals surface area contributed by atoms with Crippen LogP contribution in [0.3, 0.4) is 0 Å². The summed E-state index contributed by atoms with van der Waals surface area (Å²) < 4.78 is 0. The van der Waals surface area contributed by atoms with Gasteiger partial charge in [-0.05, 0) is 101 Å². The summed E-state index contributed by atoms with van der Waals surface area (Å²) in [6, 6.07) is 77.2. The number of benzene rings is 10. The zero-order chi connectivity index (χ0) is 35.1. The third-order valence-corrected chi connectivity index (χ3v) is 10.7. The minimum absolute atomic E-state index is 1.11. The molecule has 0 fully saturated rings. The third kappa shape index (κ3) is 5.42. The fraction of sp³-hybridized carbons (Fsp3) is 0. The first-order valence-electron chi connectivity index (χ1n) is 18.3. The Morgan fingerprint density at radius 1 is 0.226 bits per heavy atom. The summed E-state index contributed by atoms with van der Waals surface area (Å²) >= 11 is 0. The van der Waals surface area contributed by atoms with Gasteiger partial charge in [-0.1, -0.05) is 182 Å². The molecular formula is C52H35N. The molecule has 10 rings (SSSR count). The first-order valence-corrected chi connectivity index (χ1v) is 18.3. The molecular weight excluding hydrogens is 639 g/mol. The molecule has 10 aromatic carbocycles. The van der Waals surface area contributed by atoms with Gasteiger partial charge in [0.15, 0.2) is 0 Å². The van der Waals surface area contributed by atoms with Gasteiger partial charge in [0.2, 0.25) is 0 Å². The lowest BCUT2D eigenvalue weighted by Crippen LogP contribution is -2.10. The zero-order valence-electron chi connectivity index (χ0n) is 29.2. The van der Waals surface area contributed by atoms with E-state index in [1.54, 1.807) is 0 Å². The molecule has 0 amide bonds. The normalized spacial score (nSPS) is 11.4. The van der Waals surface area contributed by atoms with Crippen molar-refractivity contribution < 1.29 is 0 Å². The molecule has 248 valence electrons. The molecule has 0 aliphatic carbocycles. The van der Waals surface area contributed by atoms with Gasteiger partial charge < -0.3 is 4.90 Å². The van der Waals surface area contributed by atoms with E-state index >= 15 is 0 Å². The standard InChI is InChI=1S/C52H35N/c1-4-18-43-36(12-1)15-9-23-45(43)39-26-30-41(31-27-39)53(42-32-28-40(29-33-42)46-24-10-16-37-13-2-5-19-44(37)46)52-35-34-50(49-21-7-8-22-51(49)52)48-25-11-17-38-14-3-6-20-47(38)48/h1-35H. The van der Waals surface area contributed by atoms with Crippen LogP contribution in [-0.4, -0.2) is 0 Å². The van der Waals surface area contributed by atoms with E-state index in [4.69, 9.17) is 0 Å². The number of rotatable bonds is 6. The van der Waals surface area contributed by atoms with Crippen LogP contribution in [0.25, 0.3) is 76.5 Å². The summed E-state index contributed by atoms with van der Waals surface area (Å²) in [5.41, 5.74) is 10.7. The Labute approximate surface area is 309 Å². The molecule has 53 heavy (non-hydrogen) atoms. The second kappa shape index (κ2) is 13.0. The van der Waals surface area contributed by atoms with Crippen molar-refractivity contribution in [2.75, 3.05) is 4.90 Å². The van der Waals surface area contributed by atoms with Crippen molar-refractivity contribution >= 4 is 60.2 Å². The summed E-state index contributed by atoms with van der Waals surface area (Å²) in [6.07, 6.45) is 0. The smallest absolute Gasteiger partial charge is 0.0540 e. The van der Waals surface area contributed by atoms with Crippen LogP contribution in [0, 0.1) is 0 Å². The van der Waals surface area contributed by atoms with Crippen LogP contribution in [-0.2, 0) is 0 Å². The van der Waals surface area contributed by atoms with Crippen molar-refractivity contribution in [3.05, 3.63) is 212 Å². The van der Waals surface area contributed by atoms with Crippen LogP contribution in [0.15, 0.2) is 212 Å². The molecule has 10 aromatic rings. The third-order valence-electron chi connectivity index (χ3n) is 10.7. The highest BCUT2D eigenvalue weighted by Crippen LogP contribution is 2.44. The van der Waals surface area contributed by atoms with Crippen molar-refractivity contribution in [1.29, 1.82) is 0 Å². The zero-order valence-corrected chi connectivity index (χ0v) is 29.2. The Balaban J connectivity index is 1.14. The van der Waals surface area contributed by atoms with Crippen LogP contribution >= 0.6 is 0 Å². The van der Waals surface area contributed by atoms with Crippen LogP contribution in [0.2, 0.25) is 0 Å². The lowest BCUT2D eigenvalue weighted by molar-refractivity contribution is 1.30. The molecule has 0 aliphatic rings. The molecule has 0 radical (unpaired) electrons. The molecule has 1 nitrogen and oxygen atoms in total. The van der Waals surface area contributed by atoms with Crippen molar-refractivity contribution in [2.24, 2.45) is 0 Å². The van der Waals surface area contributed by atoms with E-state index in [-0.39, 0.29) is 0 Å². The Bertz CT molecular complexity index is 2800. The summed E-state index contributed by atoms with van der Waals surface area (Å²) in [5, 5.41) is 9.97. The topological polar surface area (TPSA) is 3.24 Å². The van der Waals surface area contributed by atoms with Gasteiger partial charge in [0.1, 0.15) is 0 Å². The van der Waals surface area contributed by atoms with Gasteiger partial charge in [-0.3, -0.25) is 0 Å². The maximum Gasteiger partial charge on any atom is 0.0540 e. The number of nitrogens with zero attached hydrogens (tertiary/aromatic N) is 1. The second-order valence-corrected chi connectivity index (χ2v) is 13.7. The fourth-order valence-corrected chi connectivity index (χ4v) is 8.13. The Morgan fingerprint density at radius 3 is 1.08 bits per heavy atom. The van der Waals surface area contributed by atoms with Gasteiger partial charge in [-0.15, -0.1) is 0 Å². The van der Waals surface area contributed by atoms with Gasteiger partial charge in [-0.25, -0.2) is 0 Å². The highest BCUT2D eigenvalue weighted by molar-refractivity contribution is 6.10. The lowest BCUT2D eigenvalue weighted by Gasteiger charge is -2.28. The monoisotopic (exact) mass is 673 g/mol. The summed E-state index contributed by atoms with van der Waals surface area (Å²) in [5.74, 6) is 0. The van der Waals surface area contributed by atoms with Crippen LogP contribution in [0.5, 0.6) is 0 Å². The Hall–Kier alpha value is -6.96. The van der Waals surface area contributed by atoms with Crippen molar-refractivity contribution in [2.45, 2.75) is 0 Å². The molecule has 0 unspecified atom stereocenters. The predicted molar refractivity (Wildman–Crippen MR) is 227 cm³/mol. The van der Waals surface area contributed by atoms with E-state index in [0.29, 0.717) is 0 Å². The van der Waals surface area contributed by atoms with Crippen LogP contribution in [0.1, 0.15) is 0 Å². The molecule has 0 saturated heterocycles. The molecule has 0 aromatic heterocycles. The van der Waals surface area contributed by atoms with E-state index in [0.717, 1.165) is 17.1 Å². The minimum atomic E-state index is 1.11. The number of hydrogen-bond acceptors (Lipinski definition) is 1. The second-order valence-electron chi connectivity index (χ2n) is 13.7. The van der Waals surface area contributed by atoms with Crippen molar-refractivity contribution in [3.8, 4) is 33.4 Å². The van der Waals surface area contributed by atoms with Crippen molar-refractivity contribution in [3.63, 3.8) is 0 Å². The quantitative estimate of drug-likeness (QED) is 0.170. The first kappa shape index (κ1) is 30.8. The fourth-order valence-electron chi connectivity index (χ4n) is 8.13. The average Bonchev–Trinajstić information content (AvgIpc) is 3.24. The van der Waals surface area contributed by atoms with E-state index in [1.807, 2.05) is 0 Å². The highest BCUT2D eigenvalue weighted by Gasteiger charge is 2.19. The number of fused-ring (bicyclic) bond motifs is 4. The molecule has 0 atom stereocenters. The van der Waals surface area contributed by atoms with Gasteiger partial charge >= 0.3 is 0 Å². The Morgan fingerprint density at radius 2 is 0.585 bits per heavy atom. The van der Waals surface area contributed by atoms with Gasteiger partial charge in [0.25, 0.3) is 0 Å². The summed E-state index contributed by atoms with van der Waals surface area (Å²) in [6.45, 7) is 0. The molecule has 0 saturated carbocycles. The van der Waals surface area contributed by atoms with Crippen LogP contribution < -0.4 is 4.90 Å². The summed E-state index contributed by atoms with van der Waals surface area (Å²) in [7, 11) is 0. The molecule has 0 N–H and O–H groups in total. The largest absolute Gasteiger partial charge is 0.310 e. The van der Waals surface area contributed by atoms with Gasteiger partial charge in [0.05, 0.1) is 5.69 Å². The van der Waals surface area contributed by atoms with Crippen LogP contribution in [0.4, 0.5) is 17.1 Å². The maximum absolute atomic E-state index is 2.41. The van der Waals surface area contributed by atoms with Crippen molar-refractivity contribution in [1.82, 2.24) is 0 Å². The average molecular weight is 674 g/mol. The predicted octanol–water partition coefficient (Wildman–Crippen LogP) is 14.8. The van der Waals surface area contributed by atoms with E-state index in [2.05, 4.69) is 217 Å². The molecule has 1 heteroatoms.